The zero-order valence-electron chi connectivity index (χ0n) is 46.4. The first kappa shape index (κ1) is 61.5. The number of carbonyl (C=O) groups excluding carboxylic acids is 4. The van der Waals surface area contributed by atoms with E-state index in [-0.39, 0.29) is 49.5 Å². The molecule has 6 aromatic carbocycles. The molecule has 2 saturated heterocycles. The zero-order chi connectivity index (χ0) is 57.6. The van der Waals surface area contributed by atoms with Gasteiger partial charge in [-0.3, -0.25) is 9.59 Å². The predicted octanol–water partition coefficient (Wildman–Crippen LogP) is 12.2. The van der Waals surface area contributed by atoms with Crippen molar-refractivity contribution in [1.29, 1.82) is 0 Å². The predicted molar refractivity (Wildman–Crippen MR) is 322 cm³/mol. The van der Waals surface area contributed by atoms with Crippen molar-refractivity contribution in [2.45, 2.75) is 128 Å². The van der Waals surface area contributed by atoms with E-state index >= 15 is 0 Å². The molecule has 16 heteroatoms. The highest BCUT2D eigenvalue weighted by molar-refractivity contribution is 6.35. The van der Waals surface area contributed by atoms with E-state index in [1.165, 1.54) is 11.1 Å². The lowest BCUT2D eigenvalue weighted by Gasteiger charge is -2.47. The molecule has 0 aliphatic carbocycles. The molecule has 424 valence electrons. The molecular formula is C64H74Cl4N6O6. The summed E-state index contributed by atoms with van der Waals surface area (Å²) in [5.41, 5.74) is 10.9. The second kappa shape index (κ2) is 28.5. The van der Waals surface area contributed by atoms with E-state index in [2.05, 4.69) is 34.9 Å². The molecule has 6 atom stereocenters. The van der Waals surface area contributed by atoms with E-state index in [0.717, 1.165) is 36.1 Å². The Bertz CT molecular complexity index is 2980. The van der Waals surface area contributed by atoms with Crippen molar-refractivity contribution >= 4 is 70.4 Å². The van der Waals surface area contributed by atoms with Crippen molar-refractivity contribution in [3.63, 3.8) is 0 Å². The minimum Gasteiger partial charge on any atom is -0.444 e. The summed E-state index contributed by atoms with van der Waals surface area (Å²) in [6.45, 7) is 12.6. The Morgan fingerprint density at radius 2 is 0.950 bits per heavy atom. The molecule has 0 saturated carbocycles. The van der Waals surface area contributed by atoms with Gasteiger partial charge in [-0.05, 0) is 131 Å². The number of amides is 4. The maximum Gasteiger partial charge on any atom is 0.410 e. The van der Waals surface area contributed by atoms with Gasteiger partial charge in [-0.2, -0.15) is 0 Å². The number of nitrogens with zero attached hydrogens (tertiary/aromatic N) is 3. The molecule has 2 aliphatic rings. The van der Waals surface area contributed by atoms with Crippen molar-refractivity contribution in [2.24, 2.45) is 5.73 Å². The molecule has 2 fully saturated rings. The topological polar surface area (TPSA) is 147 Å². The van der Waals surface area contributed by atoms with Gasteiger partial charge < -0.3 is 40.5 Å². The van der Waals surface area contributed by atoms with Crippen molar-refractivity contribution < 1.29 is 28.7 Å². The normalized spacial score (nSPS) is 18.3. The van der Waals surface area contributed by atoms with Gasteiger partial charge in [-0.1, -0.05) is 180 Å². The van der Waals surface area contributed by atoms with Crippen LogP contribution in [0.15, 0.2) is 158 Å². The van der Waals surface area contributed by atoms with Gasteiger partial charge in [0.15, 0.2) is 0 Å². The van der Waals surface area contributed by atoms with Crippen molar-refractivity contribution in [3.05, 3.63) is 211 Å². The number of hydrogen-bond donors (Lipinski definition) is 3. The highest BCUT2D eigenvalue weighted by atomic mass is 35.5. The standard InChI is InChI=1S/C37H45Cl2N3O5.C27H29Cl2N3O/c1-36(2,3)46-34(44)40-32(21-27-17-18-28(38)22-31(27)39)33(43)41-23-30(20-26-15-11-8-12-16-26)42(35(45)47-37(4,5)6)24-29(41)19-25-13-9-7-10-14-25;28-22-12-11-21(25(29)16-22)15-26(30)27(33)32-18-23(13-19-7-3-1-4-8-19)31-17-24(32)14-20-9-5-2-6-10-20/h7-18,22,29-30,32H,19-21,23-24H2,1-6H3,(H,40,44);1-12,16,23-24,26,31H,13-15,17-18,30H2/t29?,30-,32+;23-,24?,26+/m00/s1. The van der Waals surface area contributed by atoms with Crippen LogP contribution in [0.2, 0.25) is 20.1 Å². The third kappa shape index (κ3) is 18.7. The highest BCUT2D eigenvalue weighted by Gasteiger charge is 2.43. The fraction of sp³-hybridized carbons (Fsp3) is 0.375. The molecule has 2 aliphatic heterocycles. The van der Waals surface area contributed by atoms with Gasteiger partial charge in [-0.25, -0.2) is 9.59 Å². The average Bonchev–Trinajstić information content (AvgIpc) is 3.45. The Morgan fingerprint density at radius 1 is 0.537 bits per heavy atom. The molecule has 2 unspecified atom stereocenters. The Labute approximate surface area is 492 Å². The van der Waals surface area contributed by atoms with E-state index in [0.29, 0.717) is 51.5 Å². The molecular weight excluding hydrogens is 1090 g/mol. The van der Waals surface area contributed by atoms with Crippen LogP contribution in [-0.4, -0.2) is 112 Å². The molecule has 12 nitrogen and oxygen atoms in total. The molecule has 4 N–H and O–H groups in total. The number of hydrogen-bond acceptors (Lipinski definition) is 8. The minimum atomic E-state index is -1.01. The fourth-order valence-corrected chi connectivity index (χ4v) is 11.1. The second-order valence-corrected chi connectivity index (χ2v) is 24.3. The number of benzene rings is 6. The van der Waals surface area contributed by atoms with Crippen molar-refractivity contribution in [2.75, 3.05) is 26.2 Å². The van der Waals surface area contributed by atoms with Crippen LogP contribution in [0, 0.1) is 0 Å². The first-order valence-corrected chi connectivity index (χ1v) is 28.7. The van der Waals surface area contributed by atoms with Crippen molar-refractivity contribution in [1.82, 2.24) is 25.3 Å². The lowest BCUT2D eigenvalue weighted by molar-refractivity contribution is -0.140. The average molecular weight is 1170 g/mol. The first-order valence-electron chi connectivity index (χ1n) is 27.2. The maximum absolute atomic E-state index is 14.7. The number of rotatable bonds is 15. The summed E-state index contributed by atoms with van der Waals surface area (Å²) in [7, 11) is 0. The third-order valence-corrected chi connectivity index (χ3v) is 15.0. The Kier molecular flexibility index (Phi) is 21.9. The molecule has 0 radical (unpaired) electrons. The van der Waals surface area contributed by atoms with Gasteiger partial charge in [0.05, 0.1) is 18.1 Å². The van der Waals surface area contributed by atoms with Gasteiger partial charge in [0.2, 0.25) is 11.8 Å². The molecule has 8 rings (SSSR count). The molecule has 4 amide bonds. The lowest BCUT2D eigenvalue weighted by atomic mass is 9.94. The van der Waals surface area contributed by atoms with Gasteiger partial charge in [0.25, 0.3) is 0 Å². The third-order valence-electron chi connectivity index (χ3n) is 13.9. The van der Waals surface area contributed by atoms with Crippen molar-refractivity contribution in [3.8, 4) is 0 Å². The SMILES string of the molecule is CC(C)(C)OC(=O)N[C@H](Cc1ccc(Cl)cc1Cl)C(=O)N1C[C@H](Cc2ccccc2)N(C(=O)OC(C)(C)C)CC1Cc1ccccc1.N[C@H](Cc1ccc(Cl)cc1Cl)C(=O)N1C[C@H](Cc2ccccc2)NCC1Cc1ccccc1. The van der Waals surface area contributed by atoms with Crippen LogP contribution in [0.25, 0.3) is 0 Å². The largest absolute Gasteiger partial charge is 0.444 e. The number of piperazine rings is 2. The summed E-state index contributed by atoms with van der Waals surface area (Å²) in [5, 5.41) is 8.44. The van der Waals surface area contributed by atoms with E-state index in [4.69, 9.17) is 61.6 Å². The summed E-state index contributed by atoms with van der Waals surface area (Å²) >= 11 is 25.1. The Balaban J connectivity index is 0.000000245. The summed E-state index contributed by atoms with van der Waals surface area (Å²) < 4.78 is 11.4. The van der Waals surface area contributed by atoms with Crippen LogP contribution in [0.5, 0.6) is 0 Å². The summed E-state index contributed by atoms with van der Waals surface area (Å²) in [6.07, 6.45) is 1.99. The zero-order valence-corrected chi connectivity index (χ0v) is 49.5. The molecule has 2 heterocycles. The monoisotopic (exact) mass is 1160 g/mol. The number of ether oxygens (including phenoxy) is 2. The Hall–Kier alpha value is -6.12. The summed E-state index contributed by atoms with van der Waals surface area (Å²) in [6, 6.07) is 48.4. The second-order valence-electron chi connectivity index (χ2n) is 22.6. The molecule has 0 spiro atoms. The molecule has 0 aromatic heterocycles. The number of nitrogens with two attached hydrogens (primary N) is 1. The summed E-state index contributed by atoms with van der Waals surface area (Å²) in [5.74, 6) is -0.341. The van der Waals surface area contributed by atoms with Crippen LogP contribution in [0.1, 0.15) is 74.9 Å². The fourth-order valence-electron chi connectivity index (χ4n) is 10.1. The van der Waals surface area contributed by atoms with Gasteiger partial charge in [0.1, 0.15) is 17.2 Å². The molecule has 80 heavy (non-hydrogen) atoms. The van der Waals surface area contributed by atoms with Crippen LogP contribution in [0.3, 0.4) is 0 Å². The number of halogens is 4. The van der Waals surface area contributed by atoms with Gasteiger partial charge >= 0.3 is 12.2 Å². The quantitative estimate of drug-likeness (QED) is 0.0921. The van der Waals surface area contributed by atoms with Gasteiger partial charge in [0, 0.05) is 64.8 Å². The number of alkyl carbamates (subject to hydrolysis) is 1. The minimum absolute atomic E-state index is 0.0403. The smallest absolute Gasteiger partial charge is 0.410 e. The van der Waals surface area contributed by atoms with Crippen LogP contribution < -0.4 is 16.4 Å². The van der Waals surface area contributed by atoms with Crippen LogP contribution in [0.4, 0.5) is 9.59 Å². The highest BCUT2D eigenvalue weighted by Crippen LogP contribution is 2.29. The number of nitrogens with one attached hydrogen (secondary N) is 2. The number of carbonyl (C=O) groups is 4. The Morgan fingerprint density at radius 3 is 1.41 bits per heavy atom. The van der Waals surface area contributed by atoms with Gasteiger partial charge in [-0.15, -0.1) is 0 Å². The lowest BCUT2D eigenvalue weighted by Crippen LogP contribution is -2.65. The van der Waals surface area contributed by atoms with Crippen LogP contribution in [-0.2, 0) is 57.6 Å². The van der Waals surface area contributed by atoms with E-state index < -0.39 is 41.5 Å². The van der Waals surface area contributed by atoms with E-state index in [9.17, 15) is 19.2 Å². The molecule has 6 aromatic rings. The van der Waals surface area contributed by atoms with Crippen LogP contribution >= 0.6 is 46.4 Å². The van der Waals surface area contributed by atoms with E-state index in [1.54, 1.807) is 60.9 Å². The maximum atomic E-state index is 14.7. The molecule has 0 bridgehead atoms. The van der Waals surface area contributed by atoms with E-state index in [1.807, 2.05) is 129 Å². The first-order chi connectivity index (χ1) is 38.1. The summed E-state index contributed by atoms with van der Waals surface area (Å²) in [4.78, 5) is 60.7.